The highest BCUT2D eigenvalue weighted by atomic mass is 19.1. The fourth-order valence-electron chi connectivity index (χ4n) is 2.11. The largest absolute Gasteiger partial charge is 0.394 e. The zero-order valence-electron chi connectivity index (χ0n) is 10.6. The van der Waals surface area contributed by atoms with Crippen LogP contribution in [0.1, 0.15) is 23.3 Å². The molecule has 1 fully saturated rings. The van der Waals surface area contributed by atoms with Gasteiger partial charge in [-0.05, 0) is 25.0 Å². The Morgan fingerprint density at radius 1 is 1.47 bits per heavy atom. The molecule has 1 aromatic heterocycles. The molecular weight excluding hydrogens is 251 g/mol. The van der Waals surface area contributed by atoms with Gasteiger partial charge in [-0.15, -0.1) is 0 Å². The van der Waals surface area contributed by atoms with Crippen LogP contribution in [0.5, 0.6) is 0 Å². The number of nitrogens with zero attached hydrogens (tertiary/aromatic N) is 2. The molecule has 0 aromatic carbocycles. The Balaban J connectivity index is 1.87. The van der Waals surface area contributed by atoms with Gasteiger partial charge in [0, 0.05) is 13.1 Å². The van der Waals surface area contributed by atoms with Crippen LogP contribution in [-0.2, 0) is 4.74 Å². The summed E-state index contributed by atoms with van der Waals surface area (Å²) in [5.41, 5.74) is 0.260. The lowest BCUT2D eigenvalue weighted by atomic mass is 10.1. The molecule has 1 aliphatic heterocycles. The molecule has 0 radical (unpaired) electrons. The first-order valence-electron chi connectivity index (χ1n) is 6.34. The fourth-order valence-corrected chi connectivity index (χ4v) is 2.11. The maximum absolute atomic E-state index is 12.7. The van der Waals surface area contributed by atoms with Crippen molar-refractivity contribution in [3.05, 3.63) is 29.8 Å². The second-order valence-electron chi connectivity index (χ2n) is 4.45. The number of hydrogen-bond acceptors (Lipinski definition) is 4. The molecule has 0 aliphatic carbocycles. The van der Waals surface area contributed by atoms with Crippen LogP contribution >= 0.6 is 0 Å². The van der Waals surface area contributed by atoms with E-state index in [1.807, 2.05) is 0 Å². The number of carbonyl (C=O) groups excluding carboxylic acids is 1. The Labute approximate surface area is 111 Å². The molecule has 0 unspecified atom stereocenters. The van der Waals surface area contributed by atoms with E-state index in [9.17, 15) is 9.18 Å². The van der Waals surface area contributed by atoms with Crippen LogP contribution in [0.2, 0.25) is 0 Å². The monoisotopic (exact) mass is 268 g/mol. The normalized spacial score (nSPS) is 16.6. The highest BCUT2D eigenvalue weighted by Crippen LogP contribution is 2.15. The zero-order valence-corrected chi connectivity index (χ0v) is 10.6. The molecule has 1 N–H and O–H groups in total. The summed E-state index contributed by atoms with van der Waals surface area (Å²) in [6.07, 6.45) is 2.63. The number of halogens is 1. The van der Waals surface area contributed by atoms with Crippen LogP contribution in [0.15, 0.2) is 18.3 Å². The van der Waals surface area contributed by atoms with Gasteiger partial charge in [-0.25, -0.2) is 9.37 Å². The number of aliphatic hydroxyl groups is 1. The summed E-state index contributed by atoms with van der Waals surface area (Å²) < 4.78 is 18.2. The number of carbonyl (C=O) groups is 1. The van der Waals surface area contributed by atoms with E-state index in [-0.39, 0.29) is 24.3 Å². The molecule has 5 nitrogen and oxygen atoms in total. The number of aliphatic hydroxyl groups excluding tert-OH is 1. The molecule has 0 saturated carbocycles. The van der Waals surface area contributed by atoms with E-state index in [0.29, 0.717) is 19.7 Å². The second-order valence-corrected chi connectivity index (χ2v) is 4.45. The molecule has 19 heavy (non-hydrogen) atoms. The summed E-state index contributed by atoms with van der Waals surface area (Å²) in [6, 6.07) is 2.63. The molecular formula is C13H17FN2O3. The van der Waals surface area contributed by atoms with Gasteiger partial charge in [-0.3, -0.25) is 4.79 Å². The number of rotatable bonds is 4. The van der Waals surface area contributed by atoms with E-state index >= 15 is 0 Å². The molecule has 104 valence electrons. The first-order valence-corrected chi connectivity index (χ1v) is 6.34. The number of pyridine rings is 1. The first kappa shape index (κ1) is 13.9. The van der Waals surface area contributed by atoms with E-state index in [1.165, 1.54) is 12.1 Å². The Kier molecular flexibility index (Phi) is 4.81. The quantitative estimate of drug-likeness (QED) is 0.878. The number of hydrogen-bond donors (Lipinski definition) is 1. The topological polar surface area (TPSA) is 62.7 Å². The Hall–Kier alpha value is -1.53. The average molecular weight is 268 g/mol. The van der Waals surface area contributed by atoms with Gasteiger partial charge in [-0.1, -0.05) is 0 Å². The fraction of sp³-hybridized carbons (Fsp3) is 0.538. The maximum Gasteiger partial charge on any atom is 0.272 e. The van der Waals surface area contributed by atoms with Gasteiger partial charge in [0.2, 0.25) is 0 Å². The molecule has 1 aliphatic rings. The summed E-state index contributed by atoms with van der Waals surface area (Å²) in [5.74, 6) is -0.631. The first-order chi connectivity index (χ1) is 9.20. The Bertz CT molecular complexity index is 416. The third kappa shape index (κ3) is 3.71. The van der Waals surface area contributed by atoms with Crippen LogP contribution in [0.3, 0.4) is 0 Å². The summed E-state index contributed by atoms with van der Waals surface area (Å²) in [6.45, 7) is 1.53. The van der Waals surface area contributed by atoms with Crippen LogP contribution in [0.25, 0.3) is 0 Å². The SMILES string of the molecule is O=C(c1ccc(F)cn1)N1CCC(OCCO)CC1. The maximum atomic E-state index is 12.7. The van der Waals surface area contributed by atoms with Gasteiger partial charge in [0.25, 0.3) is 5.91 Å². The Morgan fingerprint density at radius 2 is 2.21 bits per heavy atom. The summed E-state index contributed by atoms with van der Waals surface area (Å²) in [4.78, 5) is 17.6. The minimum Gasteiger partial charge on any atom is -0.394 e. The summed E-state index contributed by atoms with van der Waals surface area (Å²) >= 11 is 0. The smallest absolute Gasteiger partial charge is 0.272 e. The van der Waals surface area contributed by atoms with Crippen molar-refractivity contribution >= 4 is 5.91 Å². The van der Waals surface area contributed by atoms with Gasteiger partial charge in [0.05, 0.1) is 25.5 Å². The number of piperidine rings is 1. The van der Waals surface area contributed by atoms with Crippen LogP contribution in [0.4, 0.5) is 4.39 Å². The van der Waals surface area contributed by atoms with Crippen molar-refractivity contribution < 1.29 is 19.0 Å². The van der Waals surface area contributed by atoms with Crippen LogP contribution < -0.4 is 0 Å². The second kappa shape index (κ2) is 6.58. The van der Waals surface area contributed by atoms with Gasteiger partial charge < -0.3 is 14.7 Å². The van der Waals surface area contributed by atoms with E-state index in [1.54, 1.807) is 4.90 Å². The minimum absolute atomic E-state index is 0.0125. The van der Waals surface area contributed by atoms with Crippen molar-refractivity contribution in [2.45, 2.75) is 18.9 Å². The van der Waals surface area contributed by atoms with Gasteiger partial charge in [0.1, 0.15) is 11.5 Å². The van der Waals surface area contributed by atoms with Gasteiger partial charge >= 0.3 is 0 Å². The summed E-state index contributed by atoms with van der Waals surface area (Å²) in [5, 5.41) is 8.68. The Morgan fingerprint density at radius 3 is 2.79 bits per heavy atom. The zero-order chi connectivity index (χ0) is 13.7. The lowest BCUT2D eigenvalue weighted by molar-refractivity contribution is -0.00564. The van der Waals surface area contributed by atoms with Gasteiger partial charge in [0.15, 0.2) is 0 Å². The number of aromatic nitrogens is 1. The lowest BCUT2D eigenvalue weighted by Crippen LogP contribution is -2.41. The van der Waals surface area contributed by atoms with Crippen molar-refractivity contribution in [1.29, 1.82) is 0 Å². The average Bonchev–Trinajstić information content (AvgIpc) is 2.46. The van der Waals surface area contributed by atoms with E-state index < -0.39 is 5.82 Å². The highest BCUT2D eigenvalue weighted by Gasteiger charge is 2.24. The number of likely N-dealkylation sites (tertiary alicyclic amines) is 1. The minimum atomic E-state index is -0.451. The highest BCUT2D eigenvalue weighted by molar-refractivity contribution is 5.92. The third-order valence-electron chi connectivity index (χ3n) is 3.12. The molecule has 0 spiro atoms. The molecule has 2 heterocycles. The molecule has 6 heteroatoms. The van der Waals surface area contributed by atoms with Crippen LogP contribution in [0, 0.1) is 5.82 Å². The van der Waals surface area contributed by atoms with Crippen molar-refractivity contribution in [2.24, 2.45) is 0 Å². The van der Waals surface area contributed by atoms with Crippen molar-refractivity contribution in [3.63, 3.8) is 0 Å². The van der Waals surface area contributed by atoms with E-state index in [2.05, 4.69) is 4.98 Å². The van der Waals surface area contributed by atoms with E-state index in [4.69, 9.17) is 9.84 Å². The number of ether oxygens (including phenoxy) is 1. The molecule has 0 atom stereocenters. The third-order valence-corrected chi connectivity index (χ3v) is 3.12. The predicted molar refractivity (Wildman–Crippen MR) is 66.2 cm³/mol. The molecule has 0 bridgehead atoms. The van der Waals surface area contributed by atoms with Crippen LogP contribution in [-0.4, -0.2) is 53.3 Å². The standard InChI is InChI=1S/C13H17FN2O3/c14-10-1-2-12(15-9-10)13(18)16-5-3-11(4-6-16)19-8-7-17/h1-2,9,11,17H,3-8H2. The predicted octanol–water partition coefficient (Wildman–Crippen LogP) is 0.834. The van der Waals surface area contributed by atoms with E-state index in [0.717, 1.165) is 19.0 Å². The molecule has 1 saturated heterocycles. The molecule has 1 aromatic rings. The molecule has 1 amide bonds. The van der Waals surface area contributed by atoms with Crippen molar-refractivity contribution in [3.8, 4) is 0 Å². The summed E-state index contributed by atoms with van der Waals surface area (Å²) in [7, 11) is 0. The lowest BCUT2D eigenvalue weighted by Gasteiger charge is -2.31. The van der Waals surface area contributed by atoms with Crippen molar-refractivity contribution in [2.75, 3.05) is 26.3 Å². The number of amides is 1. The van der Waals surface area contributed by atoms with Crippen molar-refractivity contribution in [1.82, 2.24) is 9.88 Å². The molecule has 2 rings (SSSR count). The van der Waals surface area contributed by atoms with Gasteiger partial charge in [-0.2, -0.15) is 0 Å².